The Labute approximate surface area is 83.6 Å². The Morgan fingerprint density at radius 3 is 2.20 bits per heavy atom. The number of carbonyl (C=O) groups excluding carboxylic acids is 1. The van der Waals surface area contributed by atoms with Crippen LogP contribution in [0.2, 0.25) is 0 Å². The van der Waals surface area contributed by atoms with E-state index in [0.29, 0.717) is 0 Å². The van der Waals surface area contributed by atoms with Crippen LogP contribution >= 0.6 is 0 Å². The number of hydrogen-bond acceptors (Lipinski definition) is 5. The van der Waals surface area contributed by atoms with Gasteiger partial charge in [0.05, 0.1) is 9.85 Å². The number of benzene rings is 1. The number of para-hydroxylation sites is 1. The molecule has 78 valence electrons. The molecule has 1 aromatic rings. The summed E-state index contributed by atoms with van der Waals surface area (Å²) in [5.74, 6) is -0.578. The molecule has 0 heterocycles. The highest BCUT2D eigenvalue weighted by Crippen LogP contribution is 2.30. The first kappa shape index (κ1) is 10.8. The van der Waals surface area contributed by atoms with Crippen molar-refractivity contribution < 1.29 is 14.6 Å². The van der Waals surface area contributed by atoms with Crippen LogP contribution in [-0.4, -0.2) is 15.6 Å². The summed E-state index contributed by atoms with van der Waals surface area (Å²) in [7, 11) is 0. The van der Waals surface area contributed by atoms with E-state index in [-0.39, 0.29) is 5.56 Å². The van der Waals surface area contributed by atoms with Crippen molar-refractivity contribution >= 4 is 17.2 Å². The molecule has 15 heavy (non-hydrogen) atoms. The van der Waals surface area contributed by atoms with Crippen LogP contribution in [0.25, 0.3) is 0 Å². The molecule has 0 saturated carbocycles. The molecule has 7 nitrogen and oxygen atoms in total. The Morgan fingerprint density at radius 1 is 1.20 bits per heavy atom. The highest BCUT2D eigenvalue weighted by molar-refractivity contribution is 5.99. The molecule has 0 fully saturated rings. The summed E-state index contributed by atoms with van der Waals surface area (Å²) in [4.78, 5) is 30.3. The Bertz CT molecular complexity index is 422. The maximum absolute atomic E-state index is 11.0. The molecule has 0 aliphatic heterocycles. The first-order chi connectivity index (χ1) is 6.95. The Kier molecular flexibility index (Phi) is 2.75. The van der Waals surface area contributed by atoms with Crippen molar-refractivity contribution in [2.24, 2.45) is 0 Å². The van der Waals surface area contributed by atoms with E-state index in [1.807, 2.05) is 0 Å². The average Bonchev–Trinajstić information content (AvgIpc) is 2.16. The summed E-state index contributed by atoms with van der Waals surface area (Å²) >= 11 is 0. The second-order valence-corrected chi connectivity index (χ2v) is 2.74. The monoisotopic (exact) mass is 210 g/mol. The number of nitro groups is 2. The minimum Gasteiger partial charge on any atom is -0.294 e. The topological polar surface area (TPSA) is 103 Å². The molecule has 1 aromatic carbocycles. The van der Waals surface area contributed by atoms with Crippen LogP contribution in [0, 0.1) is 20.2 Å². The first-order valence-electron chi connectivity index (χ1n) is 3.88. The molecule has 7 heteroatoms. The van der Waals surface area contributed by atoms with E-state index >= 15 is 0 Å². The van der Waals surface area contributed by atoms with Gasteiger partial charge in [0.25, 0.3) is 0 Å². The predicted octanol–water partition coefficient (Wildman–Crippen LogP) is 1.71. The lowest BCUT2D eigenvalue weighted by atomic mass is 10.1. The van der Waals surface area contributed by atoms with E-state index in [4.69, 9.17) is 0 Å². The molecule has 0 aliphatic carbocycles. The number of hydrogen-bond donors (Lipinski definition) is 0. The summed E-state index contributed by atoms with van der Waals surface area (Å²) in [5, 5.41) is 21.1. The molecule has 0 aromatic heterocycles. The second-order valence-electron chi connectivity index (χ2n) is 2.74. The molecule has 0 bridgehead atoms. The average molecular weight is 210 g/mol. The van der Waals surface area contributed by atoms with E-state index < -0.39 is 27.0 Å². The van der Waals surface area contributed by atoms with Crippen molar-refractivity contribution in [3.05, 3.63) is 44.0 Å². The molecule has 0 atom stereocenters. The number of carbonyl (C=O) groups is 1. The van der Waals surface area contributed by atoms with Crippen LogP contribution in [0.3, 0.4) is 0 Å². The van der Waals surface area contributed by atoms with Gasteiger partial charge in [0, 0.05) is 6.07 Å². The number of Topliss-reactive ketones (excluding diaryl/α,β-unsaturated/α-hetero) is 1. The summed E-state index contributed by atoms with van der Waals surface area (Å²) in [5.41, 5.74) is -1.68. The molecule has 1 rings (SSSR count). The standard InChI is InChI=1S/C8H6N2O5/c1-5(11)6-3-2-4-7(9(12)13)8(6)10(14)15/h2-4H,1H3. The third kappa shape index (κ3) is 1.96. The minimum atomic E-state index is -0.922. The van der Waals surface area contributed by atoms with E-state index in [9.17, 15) is 25.0 Å². The zero-order chi connectivity index (χ0) is 11.6. The quantitative estimate of drug-likeness (QED) is 0.429. The van der Waals surface area contributed by atoms with Crippen LogP contribution in [-0.2, 0) is 0 Å². The van der Waals surface area contributed by atoms with Crippen LogP contribution in [0.5, 0.6) is 0 Å². The second kappa shape index (κ2) is 3.82. The third-order valence-corrected chi connectivity index (χ3v) is 1.77. The van der Waals surface area contributed by atoms with Gasteiger partial charge in [-0.3, -0.25) is 25.0 Å². The fourth-order valence-corrected chi connectivity index (χ4v) is 1.15. The molecular formula is C8H6N2O5. The van der Waals surface area contributed by atoms with E-state index in [1.54, 1.807) is 0 Å². The van der Waals surface area contributed by atoms with Gasteiger partial charge in [-0.05, 0) is 13.0 Å². The van der Waals surface area contributed by atoms with Crippen molar-refractivity contribution in [1.29, 1.82) is 0 Å². The largest absolute Gasteiger partial charge is 0.356 e. The molecular weight excluding hydrogens is 204 g/mol. The summed E-state index contributed by atoms with van der Waals surface area (Å²) < 4.78 is 0. The Hall–Kier alpha value is -2.31. The van der Waals surface area contributed by atoms with Gasteiger partial charge in [-0.25, -0.2) is 0 Å². The van der Waals surface area contributed by atoms with Gasteiger partial charge in [-0.15, -0.1) is 0 Å². The van der Waals surface area contributed by atoms with Gasteiger partial charge in [0.1, 0.15) is 5.56 Å². The summed E-state index contributed by atoms with van der Waals surface area (Å²) in [6.45, 7) is 1.12. The maximum atomic E-state index is 11.0. The first-order valence-corrected chi connectivity index (χ1v) is 3.88. The molecule has 0 N–H and O–H groups in total. The van der Waals surface area contributed by atoms with Gasteiger partial charge < -0.3 is 0 Å². The number of rotatable bonds is 3. The molecule has 0 saturated heterocycles. The van der Waals surface area contributed by atoms with Crippen molar-refractivity contribution in [2.75, 3.05) is 0 Å². The fourth-order valence-electron chi connectivity index (χ4n) is 1.15. The zero-order valence-electron chi connectivity index (χ0n) is 7.67. The van der Waals surface area contributed by atoms with Crippen LogP contribution in [0.4, 0.5) is 11.4 Å². The maximum Gasteiger partial charge on any atom is 0.356 e. The third-order valence-electron chi connectivity index (χ3n) is 1.77. The normalized spacial score (nSPS) is 9.67. The molecule has 0 radical (unpaired) electrons. The molecule has 0 unspecified atom stereocenters. The highest BCUT2D eigenvalue weighted by Gasteiger charge is 2.29. The Morgan fingerprint density at radius 2 is 1.80 bits per heavy atom. The van der Waals surface area contributed by atoms with Gasteiger partial charge in [0.2, 0.25) is 0 Å². The number of ketones is 1. The van der Waals surface area contributed by atoms with E-state index in [0.717, 1.165) is 13.0 Å². The van der Waals surface area contributed by atoms with E-state index in [2.05, 4.69) is 0 Å². The van der Waals surface area contributed by atoms with Gasteiger partial charge in [-0.2, -0.15) is 0 Å². The lowest BCUT2D eigenvalue weighted by molar-refractivity contribution is -0.422. The predicted molar refractivity (Wildman–Crippen MR) is 49.8 cm³/mol. The van der Waals surface area contributed by atoms with Crippen molar-refractivity contribution in [1.82, 2.24) is 0 Å². The lowest BCUT2D eigenvalue weighted by Crippen LogP contribution is -2.03. The summed E-state index contributed by atoms with van der Waals surface area (Å²) in [6.07, 6.45) is 0. The smallest absolute Gasteiger partial charge is 0.294 e. The highest BCUT2D eigenvalue weighted by atomic mass is 16.6. The number of nitrogens with zero attached hydrogens (tertiary/aromatic N) is 2. The summed E-state index contributed by atoms with van der Waals surface area (Å²) in [6, 6.07) is 3.42. The van der Waals surface area contributed by atoms with Crippen LogP contribution < -0.4 is 0 Å². The molecule has 0 spiro atoms. The van der Waals surface area contributed by atoms with Crippen LogP contribution in [0.1, 0.15) is 17.3 Å². The minimum absolute atomic E-state index is 0.255. The Balaban J connectivity index is 3.56. The van der Waals surface area contributed by atoms with Crippen LogP contribution in [0.15, 0.2) is 18.2 Å². The van der Waals surface area contributed by atoms with Crippen molar-refractivity contribution in [3.63, 3.8) is 0 Å². The molecule has 0 aliphatic rings. The van der Waals surface area contributed by atoms with Gasteiger partial charge in [0.15, 0.2) is 5.78 Å². The number of nitro benzene ring substituents is 2. The SMILES string of the molecule is CC(=O)c1cccc([N+](=O)[O-])c1[N+](=O)[O-]. The van der Waals surface area contributed by atoms with Gasteiger partial charge >= 0.3 is 11.4 Å². The van der Waals surface area contributed by atoms with E-state index in [1.165, 1.54) is 12.1 Å². The van der Waals surface area contributed by atoms with Crippen molar-refractivity contribution in [3.8, 4) is 0 Å². The molecule has 0 amide bonds. The van der Waals surface area contributed by atoms with Crippen molar-refractivity contribution in [2.45, 2.75) is 6.92 Å². The van der Waals surface area contributed by atoms with Gasteiger partial charge in [-0.1, -0.05) is 6.07 Å². The lowest BCUT2D eigenvalue weighted by Gasteiger charge is -1.98. The zero-order valence-corrected chi connectivity index (χ0v) is 7.67. The fraction of sp³-hybridized carbons (Fsp3) is 0.125.